The van der Waals surface area contributed by atoms with E-state index in [4.69, 9.17) is 4.74 Å². The Morgan fingerprint density at radius 3 is 2.05 bits per heavy atom. The van der Waals surface area contributed by atoms with E-state index in [1.807, 2.05) is 0 Å². The lowest BCUT2D eigenvalue weighted by Crippen LogP contribution is -2.23. The van der Waals surface area contributed by atoms with Gasteiger partial charge in [-0.2, -0.15) is 0 Å². The molecule has 0 heterocycles. The largest absolute Gasteiger partial charge is 0.483 e. The van der Waals surface area contributed by atoms with Gasteiger partial charge in [0, 0.05) is 22.3 Å². The molecule has 0 spiro atoms. The molecule has 0 saturated carbocycles. The molecule has 3 rings (SSSR count). The zero-order valence-electron chi connectivity index (χ0n) is 12.3. The molecular weight excluding hydrogens is 280 g/mol. The first-order chi connectivity index (χ1) is 10.5. The van der Waals surface area contributed by atoms with Gasteiger partial charge >= 0.3 is 0 Å². The minimum Gasteiger partial charge on any atom is -0.483 e. The fourth-order valence-corrected chi connectivity index (χ4v) is 2.44. The third kappa shape index (κ3) is 2.22. The summed E-state index contributed by atoms with van der Waals surface area (Å²) in [7, 11) is 0. The normalized spacial score (nSPS) is 14.1. The first kappa shape index (κ1) is 14.2. The Labute approximate surface area is 127 Å². The summed E-state index contributed by atoms with van der Waals surface area (Å²) in [6.07, 6.45) is -0.597. The Balaban J connectivity index is 2.04. The molecule has 0 bridgehead atoms. The fraction of sp³-hybridized carbons (Fsp3) is 0.167. The van der Waals surface area contributed by atoms with Crippen LogP contribution in [0.1, 0.15) is 45.7 Å². The van der Waals surface area contributed by atoms with Gasteiger partial charge in [-0.1, -0.05) is 24.3 Å². The van der Waals surface area contributed by atoms with Gasteiger partial charge < -0.3 is 4.74 Å². The third-order valence-corrected chi connectivity index (χ3v) is 3.78. The quantitative estimate of drug-likeness (QED) is 0.745. The number of carbonyl (C=O) groups is 3. The van der Waals surface area contributed by atoms with Crippen LogP contribution in [0.4, 0.5) is 0 Å². The Morgan fingerprint density at radius 1 is 0.909 bits per heavy atom. The van der Waals surface area contributed by atoms with E-state index in [0.717, 1.165) is 0 Å². The van der Waals surface area contributed by atoms with Crippen molar-refractivity contribution >= 4 is 17.3 Å². The maximum absolute atomic E-state index is 12.6. The number of hydrogen-bond donors (Lipinski definition) is 0. The van der Waals surface area contributed by atoms with E-state index in [-0.39, 0.29) is 17.3 Å². The molecule has 0 aliphatic heterocycles. The summed E-state index contributed by atoms with van der Waals surface area (Å²) in [6.45, 7) is 3.08. The number of Topliss-reactive ketones (excluding diaryl/α,β-unsaturated/α-hetero) is 1. The van der Waals surface area contributed by atoms with Crippen LogP contribution in [-0.4, -0.2) is 23.5 Å². The van der Waals surface area contributed by atoms with E-state index in [9.17, 15) is 14.4 Å². The molecule has 1 unspecified atom stereocenters. The molecule has 0 saturated heterocycles. The van der Waals surface area contributed by atoms with Crippen molar-refractivity contribution in [2.75, 3.05) is 0 Å². The number of rotatable bonds is 3. The van der Waals surface area contributed by atoms with Crippen LogP contribution in [0.3, 0.4) is 0 Å². The summed E-state index contributed by atoms with van der Waals surface area (Å²) >= 11 is 0. The maximum Gasteiger partial charge on any atom is 0.194 e. The fourth-order valence-electron chi connectivity index (χ4n) is 2.44. The summed E-state index contributed by atoms with van der Waals surface area (Å²) in [5.74, 6) is -0.0741. The summed E-state index contributed by atoms with van der Waals surface area (Å²) < 4.78 is 5.50. The molecule has 4 heteroatoms. The van der Waals surface area contributed by atoms with Crippen molar-refractivity contribution < 1.29 is 19.1 Å². The van der Waals surface area contributed by atoms with Crippen LogP contribution in [0, 0.1) is 0 Å². The molecule has 2 aromatic rings. The average molecular weight is 294 g/mol. The van der Waals surface area contributed by atoms with E-state index in [1.165, 1.54) is 13.0 Å². The van der Waals surface area contributed by atoms with E-state index < -0.39 is 6.10 Å². The second-order valence-electron chi connectivity index (χ2n) is 5.28. The number of hydrogen-bond acceptors (Lipinski definition) is 4. The zero-order chi connectivity index (χ0) is 15.9. The summed E-state index contributed by atoms with van der Waals surface area (Å²) in [6, 6.07) is 11.5. The van der Waals surface area contributed by atoms with Crippen molar-refractivity contribution in [2.24, 2.45) is 0 Å². The van der Waals surface area contributed by atoms with Crippen molar-refractivity contribution in [1.29, 1.82) is 0 Å². The van der Waals surface area contributed by atoms with Crippen LogP contribution in [0.25, 0.3) is 0 Å². The standard InChI is InChI=1S/C18H14O4/c1-10(19)11(2)22-12-7-8-15-16(9-12)18(21)14-6-4-3-5-13(14)17(15)20/h3-9,11H,1-2H3. The number of carbonyl (C=O) groups excluding carboxylic acids is 3. The maximum atomic E-state index is 12.6. The lowest BCUT2D eigenvalue weighted by Gasteiger charge is -2.19. The Morgan fingerprint density at radius 2 is 1.45 bits per heavy atom. The van der Waals surface area contributed by atoms with E-state index >= 15 is 0 Å². The van der Waals surface area contributed by atoms with E-state index in [1.54, 1.807) is 43.3 Å². The predicted octanol–water partition coefficient (Wildman–Crippen LogP) is 2.82. The molecule has 0 amide bonds. The first-order valence-corrected chi connectivity index (χ1v) is 6.98. The monoisotopic (exact) mass is 294 g/mol. The molecule has 2 aromatic carbocycles. The van der Waals surface area contributed by atoms with Crippen molar-refractivity contribution in [3.8, 4) is 5.75 Å². The molecule has 1 aliphatic carbocycles. The first-order valence-electron chi connectivity index (χ1n) is 6.98. The predicted molar refractivity (Wildman–Crippen MR) is 80.5 cm³/mol. The van der Waals surface area contributed by atoms with Gasteiger partial charge in [0.2, 0.25) is 0 Å². The highest BCUT2D eigenvalue weighted by atomic mass is 16.5. The van der Waals surface area contributed by atoms with E-state index in [2.05, 4.69) is 0 Å². The highest BCUT2D eigenvalue weighted by molar-refractivity contribution is 6.28. The average Bonchev–Trinajstić information content (AvgIpc) is 2.52. The van der Waals surface area contributed by atoms with Gasteiger partial charge in [0.05, 0.1) is 0 Å². The van der Waals surface area contributed by atoms with Gasteiger partial charge in [0.15, 0.2) is 23.5 Å². The second kappa shape index (κ2) is 5.22. The molecule has 0 aromatic heterocycles. The van der Waals surface area contributed by atoms with Crippen LogP contribution in [0.5, 0.6) is 5.75 Å². The molecule has 4 nitrogen and oxygen atoms in total. The number of ketones is 3. The Kier molecular flexibility index (Phi) is 3.37. The molecule has 0 radical (unpaired) electrons. The van der Waals surface area contributed by atoms with Gasteiger partial charge in [-0.15, -0.1) is 0 Å². The van der Waals surface area contributed by atoms with Gasteiger partial charge in [0.25, 0.3) is 0 Å². The van der Waals surface area contributed by atoms with Crippen LogP contribution < -0.4 is 4.74 Å². The molecule has 0 N–H and O–H groups in total. The molecule has 22 heavy (non-hydrogen) atoms. The SMILES string of the molecule is CC(=O)C(C)Oc1ccc2c(c1)C(=O)c1ccccc1C2=O. The molecule has 0 fully saturated rings. The summed E-state index contributed by atoms with van der Waals surface area (Å²) in [5, 5.41) is 0. The molecule has 1 atom stereocenters. The lowest BCUT2D eigenvalue weighted by molar-refractivity contribution is -0.122. The molecule has 110 valence electrons. The zero-order valence-corrected chi connectivity index (χ0v) is 12.3. The molecule has 1 aliphatic rings. The lowest BCUT2D eigenvalue weighted by atomic mass is 9.84. The van der Waals surface area contributed by atoms with Gasteiger partial charge in [-0.3, -0.25) is 14.4 Å². The van der Waals surface area contributed by atoms with Crippen molar-refractivity contribution in [3.05, 3.63) is 64.7 Å². The topological polar surface area (TPSA) is 60.4 Å². The second-order valence-corrected chi connectivity index (χ2v) is 5.28. The van der Waals surface area contributed by atoms with Crippen molar-refractivity contribution in [1.82, 2.24) is 0 Å². The van der Waals surface area contributed by atoms with Crippen molar-refractivity contribution in [3.63, 3.8) is 0 Å². The van der Waals surface area contributed by atoms with Crippen molar-refractivity contribution in [2.45, 2.75) is 20.0 Å². The van der Waals surface area contributed by atoms with E-state index in [0.29, 0.717) is 28.0 Å². The van der Waals surface area contributed by atoms with Gasteiger partial charge in [0.1, 0.15) is 5.75 Å². The molecular formula is C18H14O4. The summed E-state index contributed by atoms with van der Waals surface area (Å²) in [5.41, 5.74) is 1.51. The number of ether oxygens (including phenoxy) is 1. The number of fused-ring (bicyclic) bond motifs is 2. The van der Waals surface area contributed by atoms with Crippen LogP contribution in [-0.2, 0) is 4.79 Å². The summed E-state index contributed by atoms with van der Waals surface area (Å²) in [4.78, 5) is 36.3. The van der Waals surface area contributed by atoms with Crippen LogP contribution >= 0.6 is 0 Å². The number of benzene rings is 2. The van der Waals surface area contributed by atoms with Gasteiger partial charge in [-0.05, 0) is 32.0 Å². The van der Waals surface area contributed by atoms with Crippen LogP contribution in [0.15, 0.2) is 42.5 Å². The smallest absolute Gasteiger partial charge is 0.194 e. The third-order valence-electron chi connectivity index (χ3n) is 3.78. The minimum absolute atomic E-state index is 0.106. The highest BCUT2D eigenvalue weighted by Gasteiger charge is 2.29. The Hall–Kier alpha value is -2.75. The Bertz CT molecular complexity index is 804. The minimum atomic E-state index is -0.597. The van der Waals surface area contributed by atoms with Gasteiger partial charge in [-0.25, -0.2) is 0 Å². The highest BCUT2D eigenvalue weighted by Crippen LogP contribution is 2.30. The van der Waals surface area contributed by atoms with Crippen LogP contribution in [0.2, 0.25) is 0 Å².